The van der Waals surface area contributed by atoms with Crippen LogP contribution in [0.4, 0.5) is 0 Å². The molecule has 0 saturated heterocycles. The Balaban J connectivity index is 2.42. The first-order valence-corrected chi connectivity index (χ1v) is 6.45. The molecule has 2 rings (SSSR count). The molecule has 0 aliphatic carbocycles. The van der Waals surface area contributed by atoms with Crippen LogP contribution in [0, 0.1) is 12.8 Å². The van der Waals surface area contributed by atoms with E-state index in [9.17, 15) is 4.79 Å². The molecule has 0 fully saturated rings. The molecular weight excluding hydrogens is 280 g/mol. The quantitative estimate of drug-likeness (QED) is 0.615. The van der Waals surface area contributed by atoms with Gasteiger partial charge in [-0.3, -0.25) is 0 Å². The maximum absolute atomic E-state index is 12.0. The highest BCUT2D eigenvalue weighted by Gasteiger charge is 2.30. The number of ether oxygens (including phenoxy) is 1. The van der Waals surface area contributed by atoms with Gasteiger partial charge in [0, 0.05) is 16.8 Å². The molecule has 90 valence electrons. The van der Waals surface area contributed by atoms with Gasteiger partial charge >= 0.3 is 5.97 Å². The van der Waals surface area contributed by atoms with Gasteiger partial charge in [-0.05, 0) is 34.0 Å². The van der Waals surface area contributed by atoms with Gasteiger partial charge in [-0.2, -0.15) is 0 Å². The zero-order valence-corrected chi connectivity index (χ0v) is 11.6. The minimum Gasteiger partial charge on any atom is -0.458 e. The summed E-state index contributed by atoms with van der Waals surface area (Å²) in [7, 11) is 0. The zero-order chi connectivity index (χ0) is 12.6. The van der Waals surface area contributed by atoms with E-state index in [1.54, 1.807) is 0 Å². The summed E-state index contributed by atoms with van der Waals surface area (Å²) >= 11 is 3.46. The number of esters is 1. The Morgan fingerprint density at radius 1 is 1.59 bits per heavy atom. The molecular formula is C14H15BrO2. The van der Waals surface area contributed by atoms with Crippen molar-refractivity contribution in [3.05, 3.63) is 46.0 Å². The number of halogens is 1. The Labute approximate surface area is 110 Å². The maximum atomic E-state index is 12.0. The highest BCUT2D eigenvalue weighted by atomic mass is 79.9. The lowest BCUT2D eigenvalue weighted by Gasteiger charge is -2.28. The molecule has 0 amide bonds. The predicted octanol–water partition coefficient (Wildman–Crippen LogP) is 3.66. The Morgan fingerprint density at radius 3 is 2.94 bits per heavy atom. The van der Waals surface area contributed by atoms with Crippen molar-refractivity contribution in [3.8, 4) is 0 Å². The first-order valence-electron chi connectivity index (χ1n) is 5.66. The highest BCUT2D eigenvalue weighted by Crippen LogP contribution is 2.32. The maximum Gasteiger partial charge on any atom is 0.339 e. The van der Waals surface area contributed by atoms with E-state index in [1.165, 1.54) is 0 Å². The molecule has 1 aromatic carbocycles. The van der Waals surface area contributed by atoms with Crippen molar-refractivity contribution >= 4 is 21.9 Å². The number of hydrogen-bond donors (Lipinski definition) is 0. The number of rotatable bonds is 2. The largest absolute Gasteiger partial charge is 0.458 e. The van der Waals surface area contributed by atoms with Crippen LogP contribution in [0.25, 0.3) is 0 Å². The third-order valence-corrected chi connectivity index (χ3v) is 4.29. The van der Waals surface area contributed by atoms with Crippen LogP contribution in [0.15, 0.2) is 29.3 Å². The first-order chi connectivity index (χ1) is 8.04. The monoisotopic (exact) mass is 294 g/mol. The number of hydrogen-bond acceptors (Lipinski definition) is 2. The van der Waals surface area contributed by atoms with Gasteiger partial charge in [0.2, 0.25) is 0 Å². The third-order valence-electron chi connectivity index (χ3n) is 3.26. The molecule has 1 aromatic rings. The van der Waals surface area contributed by atoms with Gasteiger partial charge in [-0.1, -0.05) is 25.1 Å². The number of benzene rings is 1. The predicted molar refractivity (Wildman–Crippen MR) is 71.1 cm³/mol. The topological polar surface area (TPSA) is 26.3 Å². The van der Waals surface area contributed by atoms with Crippen molar-refractivity contribution in [2.24, 2.45) is 5.92 Å². The van der Waals surface area contributed by atoms with Crippen LogP contribution in [0.1, 0.15) is 28.4 Å². The van der Waals surface area contributed by atoms with Crippen molar-refractivity contribution in [1.29, 1.82) is 0 Å². The molecule has 17 heavy (non-hydrogen) atoms. The van der Waals surface area contributed by atoms with E-state index in [0.717, 1.165) is 22.0 Å². The second-order valence-electron chi connectivity index (χ2n) is 4.47. The molecule has 0 spiro atoms. The minimum absolute atomic E-state index is 0.0953. The van der Waals surface area contributed by atoms with Crippen LogP contribution in [0.5, 0.6) is 0 Å². The fraction of sp³-hybridized carbons (Fsp3) is 0.357. The van der Waals surface area contributed by atoms with Crippen LogP contribution in [-0.2, 0) is 11.2 Å². The molecule has 3 heteroatoms. The van der Waals surface area contributed by atoms with Crippen LogP contribution in [0.3, 0.4) is 0 Å². The Hall–Kier alpha value is -1.09. The smallest absolute Gasteiger partial charge is 0.339 e. The van der Waals surface area contributed by atoms with Crippen molar-refractivity contribution in [2.75, 3.05) is 0 Å². The highest BCUT2D eigenvalue weighted by molar-refractivity contribution is 9.10. The summed E-state index contributed by atoms with van der Waals surface area (Å²) in [6, 6.07) is 4.04. The lowest BCUT2D eigenvalue weighted by atomic mass is 9.91. The van der Waals surface area contributed by atoms with Crippen molar-refractivity contribution in [1.82, 2.24) is 0 Å². The summed E-state index contributed by atoms with van der Waals surface area (Å²) in [4.78, 5) is 12.0. The van der Waals surface area contributed by atoms with Crippen molar-refractivity contribution in [2.45, 2.75) is 26.4 Å². The molecule has 0 radical (unpaired) electrons. The van der Waals surface area contributed by atoms with Crippen molar-refractivity contribution in [3.63, 3.8) is 0 Å². The van der Waals surface area contributed by atoms with Gasteiger partial charge in [-0.15, -0.1) is 6.58 Å². The second kappa shape index (κ2) is 4.65. The molecule has 0 N–H and O–H groups in total. The molecule has 1 aliphatic heterocycles. The van der Waals surface area contributed by atoms with Gasteiger partial charge in [0.1, 0.15) is 6.10 Å². The summed E-state index contributed by atoms with van der Waals surface area (Å²) in [5.74, 6) is -0.0623. The van der Waals surface area contributed by atoms with E-state index in [4.69, 9.17) is 4.74 Å². The van der Waals surface area contributed by atoms with E-state index in [1.807, 2.05) is 32.1 Å². The lowest BCUT2D eigenvalue weighted by molar-refractivity contribution is 0.0168. The molecule has 0 aromatic heterocycles. The Bertz CT molecular complexity index is 479. The fourth-order valence-corrected chi connectivity index (χ4v) is 2.56. The number of cyclic esters (lactones) is 1. The number of aryl methyl sites for hydroxylation is 1. The molecule has 0 bridgehead atoms. The fourth-order valence-electron chi connectivity index (χ4n) is 2.01. The number of fused-ring (bicyclic) bond motifs is 1. The van der Waals surface area contributed by atoms with Crippen molar-refractivity contribution < 1.29 is 9.53 Å². The number of carbonyl (C=O) groups excluding carboxylic acids is 1. The van der Waals surface area contributed by atoms with E-state index in [0.29, 0.717) is 5.56 Å². The minimum atomic E-state index is -0.236. The van der Waals surface area contributed by atoms with Gasteiger partial charge in [0.05, 0.1) is 5.56 Å². The summed E-state index contributed by atoms with van der Waals surface area (Å²) in [5, 5.41) is 0. The van der Waals surface area contributed by atoms with Crippen LogP contribution < -0.4 is 0 Å². The third kappa shape index (κ3) is 2.16. The van der Waals surface area contributed by atoms with E-state index in [-0.39, 0.29) is 18.0 Å². The molecule has 2 nitrogen and oxygen atoms in total. The molecule has 1 heterocycles. The standard InChI is InChI=1S/C14H15BrO2/c1-4-8(2)11-7-10-6-5-9(3)13(15)12(10)14(16)17-11/h4-6,8,11H,1,7H2,2-3H3/t8-,11+/m0/s1. The summed E-state index contributed by atoms with van der Waals surface area (Å²) in [5.41, 5.74) is 2.78. The zero-order valence-electron chi connectivity index (χ0n) is 10.00. The number of carbonyl (C=O) groups is 1. The van der Waals surface area contributed by atoms with Crippen LogP contribution in [0.2, 0.25) is 0 Å². The van der Waals surface area contributed by atoms with Crippen LogP contribution >= 0.6 is 15.9 Å². The molecule has 2 atom stereocenters. The molecule has 1 aliphatic rings. The Kier molecular flexibility index (Phi) is 3.38. The summed E-state index contributed by atoms with van der Waals surface area (Å²) in [6.07, 6.45) is 2.49. The van der Waals surface area contributed by atoms with Gasteiger partial charge < -0.3 is 4.74 Å². The van der Waals surface area contributed by atoms with E-state index in [2.05, 4.69) is 22.5 Å². The lowest BCUT2D eigenvalue weighted by Crippen LogP contribution is -2.32. The first kappa shape index (κ1) is 12.4. The molecule has 0 saturated carbocycles. The average molecular weight is 295 g/mol. The summed E-state index contributed by atoms with van der Waals surface area (Å²) < 4.78 is 6.31. The van der Waals surface area contributed by atoms with Crippen LogP contribution in [-0.4, -0.2) is 12.1 Å². The summed E-state index contributed by atoms with van der Waals surface area (Å²) in [6.45, 7) is 7.73. The SMILES string of the molecule is C=C[C@H](C)[C@H]1Cc2ccc(C)c(Br)c2C(=O)O1. The average Bonchev–Trinajstić information content (AvgIpc) is 2.32. The Morgan fingerprint density at radius 2 is 2.29 bits per heavy atom. The van der Waals surface area contributed by atoms with Gasteiger partial charge in [0.25, 0.3) is 0 Å². The van der Waals surface area contributed by atoms with Gasteiger partial charge in [-0.25, -0.2) is 4.79 Å². The normalized spacial score (nSPS) is 20.4. The van der Waals surface area contributed by atoms with E-state index >= 15 is 0 Å². The van der Waals surface area contributed by atoms with E-state index < -0.39 is 0 Å². The van der Waals surface area contributed by atoms with Gasteiger partial charge in [0.15, 0.2) is 0 Å². The molecule has 0 unspecified atom stereocenters. The second-order valence-corrected chi connectivity index (χ2v) is 5.27.